The van der Waals surface area contributed by atoms with E-state index in [2.05, 4.69) is 4.67 Å². The molecule has 0 N–H and O–H groups in total. The Morgan fingerprint density at radius 3 is 1.60 bits per heavy atom. The normalized spacial score (nSPS) is 19.4. The van der Waals surface area contributed by atoms with Crippen LogP contribution in [-0.4, -0.2) is 68.4 Å². The topological polar surface area (TPSA) is 71.6 Å². The average Bonchev–Trinajstić information content (AvgIpc) is 3.47. The monoisotopic (exact) mass is 559 g/mol. The summed E-state index contributed by atoms with van der Waals surface area (Å²) in [7, 11) is 5.70. The first-order chi connectivity index (χ1) is 19.2. The zero-order chi connectivity index (χ0) is 28.7. The zero-order valence-electron chi connectivity index (χ0n) is 23.6. The number of ether oxygens (including phenoxy) is 2. The van der Waals surface area contributed by atoms with E-state index < -0.39 is 24.8 Å². The second-order valence-corrected chi connectivity index (χ2v) is 14.5. The van der Waals surface area contributed by atoms with Gasteiger partial charge in [0.05, 0.1) is 0 Å². The fourth-order valence-corrected chi connectivity index (χ4v) is 12.0. The fourth-order valence-electron chi connectivity index (χ4n) is 6.29. The molecular formula is C31H34N3O5P. The molecule has 2 aliphatic heterocycles. The van der Waals surface area contributed by atoms with Crippen molar-refractivity contribution in [3.63, 3.8) is 0 Å². The van der Waals surface area contributed by atoms with E-state index in [1.165, 1.54) is 14.2 Å². The molecule has 5 rings (SSSR count). The van der Waals surface area contributed by atoms with E-state index >= 15 is 0 Å². The number of fused-ring (bicyclic) bond motifs is 1. The molecule has 0 aromatic heterocycles. The van der Waals surface area contributed by atoms with Crippen LogP contribution in [0.25, 0.3) is 5.76 Å². The van der Waals surface area contributed by atoms with Crippen molar-refractivity contribution in [1.82, 2.24) is 14.0 Å². The molecule has 9 heteroatoms. The summed E-state index contributed by atoms with van der Waals surface area (Å²) in [6.07, 6.45) is 1.94. The van der Waals surface area contributed by atoms with E-state index in [0.29, 0.717) is 5.76 Å². The Kier molecular flexibility index (Phi) is 6.83. The van der Waals surface area contributed by atoms with Gasteiger partial charge in [0.15, 0.2) is 0 Å². The summed E-state index contributed by atoms with van der Waals surface area (Å²) < 4.78 is 24.1. The summed E-state index contributed by atoms with van der Waals surface area (Å²) in [4.78, 5) is 28.3. The molecule has 3 aromatic carbocycles. The number of esters is 2. The molecule has 0 saturated carbocycles. The van der Waals surface area contributed by atoms with Gasteiger partial charge in [-0.1, -0.05) is 0 Å². The van der Waals surface area contributed by atoms with Crippen LogP contribution in [0.3, 0.4) is 0 Å². The average molecular weight is 560 g/mol. The number of benzene rings is 3. The summed E-state index contributed by atoms with van der Waals surface area (Å²) in [5.41, 5.74) is 1.22. The molecule has 3 aromatic rings. The van der Waals surface area contributed by atoms with Crippen molar-refractivity contribution < 1.29 is 23.6 Å². The predicted molar refractivity (Wildman–Crippen MR) is 156 cm³/mol. The van der Waals surface area contributed by atoms with Gasteiger partial charge in [-0.25, -0.2) is 0 Å². The molecule has 0 fully saturated rings. The van der Waals surface area contributed by atoms with Crippen molar-refractivity contribution in [2.75, 3.05) is 42.4 Å². The molecule has 0 saturated heterocycles. The molecule has 0 atom stereocenters. The maximum atomic E-state index is 14.2. The zero-order valence-corrected chi connectivity index (χ0v) is 24.5. The second kappa shape index (κ2) is 9.89. The summed E-state index contributed by atoms with van der Waals surface area (Å²) in [5, 5.41) is 0.130. The number of rotatable bonds is 7. The third kappa shape index (κ3) is 3.30. The van der Waals surface area contributed by atoms with Crippen LogP contribution in [0.5, 0.6) is 0 Å². The van der Waals surface area contributed by atoms with Crippen LogP contribution in [-0.2, 0) is 29.1 Å². The van der Waals surface area contributed by atoms with Crippen LogP contribution >= 0.6 is 7.28 Å². The second-order valence-electron chi connectivity index (χ2n) is 10.0. The fraction of sp³-hybridized carbons (Fsp3) is 0.226. The molecule has 208 valence electrons. The van der Waals surface area contributed by atoms with Crippen molar-refractivity contribution in [2.24, 2.45) is 0 Å². The molecule has 0 radical (unpaired) electrons. The predicted octanol–water partition coefficient (Wildman–Crippen LogP) is 5.21. The van der Waals surface area contributed by atoms with Gasteiger partial charge < -0.3 is 0 Å². The van der Waals surface area contributed by atoms with Crippen LogP contribution in [0.15, 0.2) is 108 Å². The number of nitrogens with zero attached hydrogens (tertiary/aromatic N) is 3. The molecule has 0 spiro atoms. The van der Waals surface area contributed by atoms with E-state index in [1.54, 1.807) is 0 Å². The molecule has 0 unspecified atom stereocenters. The Balaban J connectivity index is 2.08. The van der Waals surface area contributed by atoms with Crippen molar-refractivity contribution in [3.05, 3.63) is 125 Å². The first kappa shape index (κ1) is 27.6. The number of methoxy groups -OCH3 is 2. The number of hydrogen-bond acceptors (Lipinski definition) is 8. The Bertz CT molecular complexity index is 1460. The Morgan fingerprint density at radius 2 is 1.18 bits per heavy atom. The summed E-state index contributed by atoms with van der Waals surface area (Å²) in [6.45, 7) is 0. The molecule has 2 aliphatic rings. The summed E-state index contributed by atoms with van der Waals surface area (Å²) in [5.74, 6) is -0.738. The van der Waals surface area contributed by atoms with Crippen molar-refractivity contribution in [2.45, 2.75) is 5.54 Å². The van der Waals surface area contributed by atoms with Crippen molar-refractivity contribution >= 4 is 25.0 Å². The van der Waals surface area contributed by atoms with Gasteiger partial charge >= 0.3 is 235 Å². The van der Waals surface area contributed by atoms with Crippen LogP contribution in [0.1, 0.15) is 16.7 Å². The van der Waals surface area contributed by atoms with Gasteiger partial charge in [-0.15, -0.1) is 0 Å². The minimum absolute atomic E-state index is 0.130. The van der Waals surface area contributed by atoms with E-state index in [1.807, 2.05) is 135 Å². The quantitative estimate of drug-likeness (QED) is 0.289. The minimum atomic E-state index is -4.43. The van der Waals surface area contributed by atoms with Gasteiger partial charge in [0.2, 0.25) is 0 Å². The van der Waals surface area contributed by atoms with Crippen molar-refractivity contribution in [3.8, 4) is 0 Å². The summed E-state index contributed by atoms with van der Waals surface area (Å²) in [6, 6.07) is 29.1. The van der Waals surface area contributed by atoms with E-state index in [0.717, 1.165) is 16.7 Å². The number of carbonyl (C=O) groups is 2. The van der Waals surface area contributed by atoms with Crippen LogP contribution in [0, 0.1) is 0 Å². The molecule has 2 heterocycles. The first-order valence-electron chi connectivity index (χ1n) is 12.9. The van der Waals surface area contributed by atoms with Crippen molar-refractivity contribution in [1.29, 1.82) is 0 Å². The number of hydrogen-bond donors (Lipinski definition) is 0. The molecular weight excluding hydrogens is 525 g/mol. The third-order valence-corrected chi connectivity index (χ3v) is 13.7. The van der Waals surface area contributed by atoms with Crippen LogP contribution in [0.2, 0.25) is 0 Å². The van der Waals surface area contributed by atoms with Gasteiger partial charge in [-0.3, -0.25) is 0 Å². The van der Waals surface area contributed by atoms with Gasteiger partial charge in [0, 0.05) is 0 Å². The van der Waals surface area contributed by atoms with Gasteiger partial charge in [0.1, 0.15) is 0 Å². The van der Waals surface area contributed by atoms with E-state index in [-0.39, 0.29) is 10.9 Å². The van der Waals surface area contributed by atoms with Gasteiger partial charge in [0.25, 0.3) is 0 Å². The van der Waals surface area contributed by atoms with E-state index in [9.17, 15) is 9.59 Å². The van der Waals surface area contributed by atoms with Crippen LogP contribution in [0.4, 0.5) is 0 Å². The summed E-state index contributed by atoms with van der Waals surface area (Å²) >= 11 is 0. The van der Waals surface area contributed by atoms with Crippen LogP contribution < -0.4 is 0 Å². The molecule has 40 heavy (non-hydrogen) atoms. The van der Waals surface area contributed by atoms with Gasteiger partial charge in [-0.2, -0.15) is 0 Å². The molecule has 0 bridgehead atoms. The Hall–Kier alpha value is -3.97. The molecule has 0 aliphatic carbocycles. The molecule has 8 nitrogen and oxygen atoms in total. The van der Waals surface area contributed by atoms with E-state index in [4.69, 9.17) is 14.0 Å². The molecule has 0 amide bonds. The Morgan fingerprint density at radius 1 is 0.725 bits per heavy atom. The Labute approximate surface area is 235 Å². The first-order valence-corrected chi connectivity index (χ1v) is 14.9. The standard InChI is InChI=1S/C31H34N3O5P/c1-32(2)40(33(3)4)28(30(36)38-6)27(29(35)37-5)31(24-18-12-8-13-19-24,25-20-14-9-15-21-25)34(40)22-26(39-40)23-16-10-7-11-17-23/h7-22H,1-6H3. The maximum absolute atomic E-state index is 14.2. The van der Waals surface area contributed by atoms with Gasteiger partial charge in [-0.05, 0) is 0 Å². The SMILES string of the molecule is COC(=O)C1=C(C(=O)OC)P2(N(C)C)(N(C)C)OC(c3ccccc3)=CN2C1(c1ccccc1)c1ccccc1. The number of carbonyl (C=O) groups excluding carboxylic acids is 2. The third-order valence-electron chi connectivity index (χ3n) is 7.88.